The van der Waals surface area contributed by atoms with Gasteiger partial charge in [-0.25, -0.2) is 8.42 Å². The Kier molecular flexibility index (Phi) is 6.86. The number of anilines is 1. The zero-order chi connectivity index (χ0) is 18.7. The summed E-state index contributed by atoms with van der Waals surface area (Å²) in [4.78, 5) is 14.6. The number of hydrogen-bond donors (Lipinski definition) is 2. The summed E-state index contributed by atoms with van der Waals surface area (Å²) in [6.45, 7) is 6.11. The van der Waals surface area contributed by atoms with Crippen LogP contribution in [0.5, 0.6) is 0 Å². The van der Waals surface area contributed by atoms with Crippen molar-refractivity contribution < 1.29 is 13.2 Å². The summed E-state index contributed by atoms with van der Waals surface area (Å²) in [5.74, 6) is -0.0746. The molecule has 0 aromatic heterocycles. The molecule has 1 heterocycles. The monoisotopic (exact) mass is 409 g/mol. The van der Waals surface area contributed by atoms with Gasteiger partial charge in [-0.3, -0.25) is 9.52 Å². The number of benzene rings is 2. The Labute approximate surface area is 166 Å². The van der Waals surface area contributed by atoms with Gasteiger partial charge in [0.15, 0.2) is 0 Å². The van der Waals surface area contributed by atoms with Crippen molar-refractivity contribution in [1.82, 2.24) is 10.2 Å². The van der Waals surface area contributed by atoms with E-state index in [0.29, 0.717) is 17.8 Å². The average Bonchev–Trinajstić information content (AvgIpc) is 2.63. The minimum Gasteiger partial charge on any atom is -0.333 e. The molecule has 6 nitrogen and oxygen atoms in total. The maximum Gasteiger partial charge on any atom is 0.261 e. The number of nitrogens with one attached hydrogen (secondary N) is 2. The summed E-state index contributed by atoms with van der Waals surface area (Å²) in [5.41, 5.74) is 2.05. The van der Waals surface area contributed by atoms with E-state index in [9.17, 15) is 13.2 Å². The third-order valence-corrected chi connectivity index (χ3v) is 5.87. The van der Waals surface area contributed by atoms with Crippen LogP contribution in [0.2, 0.25) is 0 Å². The zero-order valence-corrected chi connectivity index (χ0v) is 16.9. The van der Waals surface area contributed by atoms with Gasteiger partial charge in [-0.2, -0.15) is 0 Å². The molecule has 1 unspecified atom stereocenters. The molecular weight excluding hydrogens is 386 g/mol. The molecule has 2 aromatic carbocycles. The molecule has 1 atom stereocenters. The van der Waals surface area contributed by atoms with E-state index in [1.807, 2.05) is 30.9 Å². The van der Waals surface area contributed by atoms with Crippen molar-refractivity contribution in [3.8, 4) is 0 Å². The Morgan fingerprint density at radius 1 is 1.11 bits per heavy atom. The molecule has 1 amide bonds. The second-order valence-corrected chi connectivity index (χ2v) is 8.23. The number of aryl methyl sites for hydroxylation is 1. The van der Waals surface area contributed by atoms with E-state index in [1.54, 1.807) is 24.3 Å². The molecule has 0 bridgehead atoms. The normalized spacial score (nSPS) is 17.1. The predicted octanol–water partition coefficient (Wildman–Crippen LogP) is 2.65. The van der Waals surface area contributed by atoms with Crippen LogP contribution in [-0.4, -0.2) is 44.9 Å². The first-order valence-electron chi connectivity index (χ1n) is 8.58. The van der Waals surface area contributed by atoms with E-state index >= 15 is 0 Å². The van der Waals surface area contributed by atoms with Gasteiger partial charge < -0.3 is 10.2 Å². The van der Waals surface area contributed by atoms with Crippen molar-refractivity contribution in [3.05, 3.63) is 59.7 Å². The highest BCUT2D eigenvalue weighted by atomic mass is 35.5. The van der Waals surface area contributed by atoms with Gasteiger partial charge >= 0.3 is 0 Å². The smallest absolute Gasteiger partial charge is 0.261 e. The summed E-state index contributed by atoms with van der Waals surface area (Å²) in [7, 11) is -3.69. The summed E-state index contributed by atoms with van der Waals surface area (Å²) in [6, 6.07) is 13.3. The molecule has 1 aliphatic heterocycles. The highest BCUT2D eigenvalue weighted by Crippen LogP contribution is 2.18. The third-order valence-electron chi connectivity index (χ3n) is 4.48. The number of hydrogen-bond acceptors (Lipinski definition) is 4. The molecule has 146 valence electrons. The van der Waals surface area contributed by atoms with Gasteiger partial charge in [0.2, 0.25) is 0 Å². The van der Waals surface area contributed by atoms with Gasteiger partial charge in [0.05, 0.1) is 4.90 Å². The number of amides is 1. The van der Waals surface area contributed by atoms with Crippen LogP contribution in [0, 0.1) is 6.92 Å². The second kappa shape index (κ2) is 8.73. The first-order valence-corrected chi connectivity index (χ1v) is 10.1. The van der Waals surface area contributed by atoms with Crippen molar-refractivity contribution in [2.75, 3.05) is 24.4 Å². The van der Waals surface area contributed by atoms with Crippen LogP contribution in [-0.2, 0) is 10.0 Å². The Bertz CT molecular complexity index is 883. The lowest BCUT2D eigenvalue weighted by molar-refractivity contribution is 0.0655. The lowest BCUT2D eigenvalue weighted by Gasteiger charge is -2.34. The van der Waals surface area contributed by atoms with Crippen molar-refractivity contribution in [2.45, 2.75) is 24.8 Å². The number of piperazine rings is 1. The molecule has 1 saturated heterocycles. The molecule has 2 N–H and O–H groups in total. The van der Waals surface area contributed by atoms with E-state index in [0.717, 1.165) is 18.7 Å². The molecule has 0 spiro atoms. The summed E-state index contributed by atoms with van der Waals surface area (Å²) in [5, 5.41) is 3.24. The number of carbonyl (C=O) groups is 1. The summed E-state index contributed by atoms with van der Waals surface area (Å²) in [6.07, 6.45) is 0. The minimum absolute atomic E-state index is 0. The molecule has 2 aromatic rings. The number of sulfonamides is 1. The van der Waals surface area contributed by atoms with Gasteiger partial charge in [0.25, 0.3) is 15.9 Å². The molecule has 3 rings (SSSR count). The number of rotatable bonds is 4. The Morgan fingerprint density at radius 2 is 1.74 bits per heavy atom. The number of carbonyl (C=O) groups excluding carboxylic acids is 1. The Hall–Kier alpha value is -2.09. The highest BCUT2D eigenvalue weighted by molar-refractivity contribution is 7.92. The van der Waals surface area contributed by atoms with Crippen molar-refractivity contribution in [1.29, 1.82) is 0 Å². The lowest BCUT2D eigenvalue weighted by Crippen LogP contribution is -2.52. The fourth-order valence-electron chi connectivity index (χ4n) is 2.92. The van der Waals surface area contributed by atoms with Crippen molar-refractivity contribution in [2.24, 2.45) is 0 Å². The van der Waals surface area contributed by atoms with Gasteiger partial charge in [-0.15, -0.1) is 12.4 Å². The molecular formula is C19H24ClN3O3S. The predicted molar refractivity (Wildman–Crippen MR) is 109 cm³/mol. The van der Waals surface area contributed by atoms with E-state index in [2.05, 4.69) is 10.0 Å². The lowest BCUT2D eigenvalue weighted by atomic mass is 10.1. The number of halogens is 1. The van der Waals surface area contributed by atoms with Crippen LogP contribution in [0.1, 0.15) is 22.8 Å². The minimum atomic E-state index is -3.69. The first kappa shape index (κ1) is 21.2. The first-order chi connectivity index (χ1) is 12.4. The quantitative estimate of drug-likeness (QED) is 0.813. The van der Waals surface area contributed by atoms with Crippen LogP contribution in [0.3, 0.4) is 0 Å². The van der Waals surface area contributed by atoms with Crippen LogP contribution in [0.4, 0.5) is 5.69 Å². The molecule has 8 heteroatoms. The molecule has 27 heavy (non-hydrogen) atoms. The molecule has 1 aliphatic rings. The van der Waals surface area contributed by atoms with E-state index < -0.39 is 10.0 Å². The molecule has 1 fully saturated rings. The van der Waals surface area contributed by atoms with E-state index in [-0.39, 0.29) is 29.3 Å². The Balaban J connectivity index is 0.00000261. The zero-order valence-electron chi connectivity index (χ0n) is 15.3. The summed E-state index contributed by atoms with van der Waals surface area (Å²) >= 11 is 0. The maximum absolute atomic E-state index is 12.6. The van der Waals surface area contributed by atoms with Crippen LogP contribution >= 0.6 is 12.4 Å². The van der Waals surface area contributed by atoms with Gasteiger partial charge in [0, 0.05) is 36.9 Å². The van der Waals surface area contributed by atoms with Gasteiger partial charge in [-0.05, 0) is 50.2 Å². The Morgan fingerprint density at radius 3 is 2.33 bits per heavy atom. The van der Waals surface area contributed by atoms with Gasteiger partial charge in [0.1, 0.15) is 0 Å². The second-order valence-electron chi connectivity index (χ2n) is 6.55. The van der Waals surface area contributed by atoms with Gasteiger partial charge in [-0.1, -0.05) is 17.7 Å². The largest absolute Gasteiger partial charge is 0.333 e. The van der Waals surface area contributed by atoms with Crippen LogP contribution < -0.4 is 10.0 Å². The summed E-state index contributed by atoms with van der Waals surface area (Å²) < 4.78 is 27.6. The number of nitrogens with zero attached hydrogens (tertiary/aromatic N) is 1. The fourth-order valence-corrected chi connectivity index (χ4v) is 3.98. The van der Waals surface area contributed by atoms with E-state index in [4.69, 9.17) is 0 Å². The van der Waals surface area contributed by atoms with Crippen LogP contribution in [0.25, 0.3) is 0 Å². The third kappa shape index (κ3) is 5.00. The highest BCUT2D eigenvalue weighted by Gasteiger charge is 2.24. The molecule has 0 saturated carbocycles. The fraction of sp³-hybridized carbons (Fsp3) is 0.316. The topological polar surface area (TPSA) is 78.5 Å². The molecule has 0 radical (unpaired) electrons. The SMILES string of the molecule is Cc1ccc(NS(=O)(=O)c2ccc(C(=O)N3CCNCC3C)cc2)cc1.Cl. The average molecular weight is 410 g/mol. The van der Waals surface area contributed by atoms with Crippen LogP contribution in [0.15, 0.2) is 53.4 Å². The van der Waals surface area contributed by atoms with Crippen molar-refractivity contribution >= 4 is 34.0 Å². The van der Waals surface area contributed by atoms with Crippen molar-refractivity contribution in [3.63, 3.8) is 0 Å². The molecule has 0 aliphatic carbocycles. The van der Waals surface area contributed by atoms with E-state index in [1.165, 1.54) is 12.1 Å². The standard InChI is InChI=1S/C19H23N3O3S.ClH/c1-14-3-7-17(8-4-14)21-26(24,25)18-9-5-16(6-10-18)19(23)22-12-11-20-13-15(22)2;/h3-10,15,20-21H,11-13H2,1-2H3;1H. The maximum atomic E-state index is 12.6.